The summed E-state index contributed by atoms with van der Waals surface area (Å²) >= 11 is 1.90. The highest BCUT2D eigenvalue weighted by atomic mass is 32.1. The van der Waals surface area contributed by atoms with E-state index < -0.39 is 0 Å². The average molecular weight is 511 g/mol. The number of benzene rings is 8. The van der Waals surface area contributed by atoms with E-state index in [1.807, 2.05) is 11.3 Å². The predicted octanol–water partition coefficient (Wildman–Crippen LogP) is 11.4. The van der Waals surface area contributed by atoms with Crippen LogP contribution in [0.25, 0.3) is 85.5 Å². The lowest BCUT2D eigenvalue weighted by Gasteiger charge is -2.17. The lowest BCUT2D eigenvalue weighted by molar-refractivity contribution is 1.69. The molecule has 0 unspecified atom stereocenters. The standard InChI is InChI=1S/C38H22S/c1-2-7-26-22-27(13-12-23(26)6-1)28-18-14-24-17-21-32-29(19-15-25-16-20-31(28)36(24)37(25)32)33-9-5-10-34-30-8-3-4-11-35(30)39-38(33)34/h1-22H. The van der Waals surface area contributed by atoms with Gasteiger partial charge in [-0.15, -0.1) is 11.3 Å². The third kappa shape index (κ3) is 2.99. The highest BCUT2D eigenvalue weighted by molar-refractivity contribution is 7.26. The molecule has 1 heteroatoms. The summed E-state index contributed by atoms with van der Waals surface area (Å²) in [6.07, 6.45) is 0. The van der Waals surface area contributed by atoms with Gasteiger partial charge in [-0.3, -0.25) is 0 Å². The van der Waals surface area contributed by atoms with Crippen molar-refractivity contribution in [2.45, 2.75) is 0 Å². The van der Waals surface area contributed by atoms with E-state index in [1.54, 1.807) is 0 Å². The Bertz CT molecular complexity index is 2390. The van der Waals surface area contributed by atoms with Crippen LogP contribution in [0.4, 0.5) is 0 Å². The molecule has 0 radical (unpaired) electrons. The summed E-state index contributed by atoms with van der Waals surface area (Å²) in [6.45, 7) is 0. The van der Waals surface area contributed by atoms with Gasteiger partial charge in [0.05, 0.1) is 0 Å². The number of rotatable bonds is 2. The van der Waals surface area contributed by atoms with E-state index in [9.17, 15) is 0 Å². The monoisotopic (exact) mass is 510 g/mol. The summed E-state index contributed by atoms with van der Waals surface area (Å²) in [5.41, 5.74) is 5.19. The van der Waals surface area contributed by atoms with Gasteiger partial charge in [0.15, 0.2) is 0 Å². The Labute approximate surface area is 229 Å². The first-order chi connectivity index (χ1) is 19.3. The van der Waals surface area contributed by atoms with Crippen molar-refractivity contribution in [1.82, 2.24) is 0 Å². The van der Waals surface area contributed by atoms with E-state index in [1.165, 1.54) is 85.5 Å². The molecule has 39 heavy (non-hydrogen) atoms. The normalized spacial score (nSPS) is 12.1. The van der Waals surface area contributed by atoms with Gasteiger partial charge in [-0.1, -0.05) is 121 Å². The molecule has 0 aliphatic rings. The summed E-state index contributed by atoms with van der Waals surface area (Å²) in [5, 5.41) is 13.2. The van der Waals surface area contributed by atoms with Crippen LogP contribution < -0.4 is 0 Å². The minimum absolute atomic E-state index is 1.27. The van der Waals surface area contributed by atoms with Crippen molar-refractivity contribution in [2.75, 3.05) is 0 Å². The zero-order valence-electron chi connectivity index (χ0n) is 21.1. The number of fused-ring (bicyclic) bond motifs is 4. The third-order valence-electron chi connectivity index (χ3n) is 8.42. The average Bonchev–Trinajstić information content (AvgIpc) is 3.38. The van der Waals surface area contributed by atoms with Crippen molar-refractivity contribution in [3.63, 3.8) is 0 Å². The van der Waals surface area contributed by atoms with Gasteiger partial charge >= 0.3 is 0 Å². The van der Waals surface area contributed by atoms with Crippen LogP contribution in [0.2, 0.25) is 0 Å². The Kier molecular flexibility index (Phi) is 4.30. The molecular formula is C38H22S. The van der Waals surface area contributed by atoms with Gasteiger partial charge in [0.2, 0.25) is 0 Å². The van der Waals surface area contributed by atoms with Crippen LogP contribution in [0.5, 0.6) is 0 Å². The highest BCUT2D eigenvalue weighted by Crippen LogP contribution is 2.45. The third-order valence-corrected chi connectivity index (χ3v) is 9.64. The molecule has 0 N–H and O–H groups in total. The van der Waals surface area contributed by atoms with Crippen molar-refractivity contribution >= 4 is 74.6 Å². The Morgan fingerprint density at radius 1 is 0.359 bits per heavy atom. The predicted molar refractivity (Wildman–Crippen MR) is 171 cm³/mol. The Balaban J connectivity index is 1.35. The first-order valence-electron chi connectivity index (χ1n) is 13.4. The van der Waals surface area contributed by atoms with Crippen LogP contribution >= 0.6 is 11.3 Å². The lowest BCUT2D eigenvalue weighted by atomic mass is 9.87. The van der Waals surface area contributed by atoms with Crippen LogP contribution in [0, 0.1) is 0 Å². The molecule has 9 aromatic rings. The van der Waals surface area contributed by atoms with E-state index in [0.29, 0.717) is 0 Å². The highest BCUT2D eigenvalue weighted by Gasteiger charge is 2.17. The first-order valence-corrected chi connectivity index (χ1v) is 14.3. The quantitative estimate of drug-likeness (QED) is 0.203. The minimum Gasteiger partial charge on any atom is -0.135 e. The van der Waals surface area contributed by atoms with E-state index in [-0.39, 0.29) is 0 Å². The fourth-order valence-electron chi connectivity index (χ4n) is 6.60. The Morgan fingerprint density at radius 3 is 1.85 bits per heavy atom. The largest absolute Gasteiger partial charge is 0.135 e. The maximum atomic E-state index is 2.33. The maximum absolute atomic E-state index is 2.33. The van der Waals surface area contributed by atoms with Crippen LogP contribution in [0.1, 0.15) is 0 Å². The topological polar surface area (TPSA) is 0 Å². The lowest BCUT2D eigenvalue weighted by Crippen LogP contribution is -1.89. The smallest absolute Gasteiger partial charge is 0.0434 e. The van der Waals surface area contributed by atoms with Gasteiger partial charge in [-0.05, 0) is 71.9 Å². The molecule has 0 nitrogen and oxygen atoms in total. The summed E-state index contributed by atoms with van der Waals surface area (Å²) in [4.78, 5) is 0. The molecule has 0 bridgehead atoms. The van der Waals surface area contributed by atoms with E-state index >= 15 is 0 Å². The molecule has 0 saturated heterocycles. The SMILES string of the molecule is c1ccc2cc(-c3ccc4ccc5c(-c6cccc7c6sc6ccccc67)ccc6ccc3c4c65)ccc2c1. The molecule has 0 aliphatic heterocycles. The van der Waals surface area contributed by atoms with Gasteiger partial charge in [0.1, 0.15) is 0 Å². The molecule has 0 fully saturated rings. The van der Waals surface area contributed by atoms with Crippen LogP contribution in [-0.4, -0.2) is 0 Å². The molecule has 0 aliphatic carbocycles. The van der Waals surface area contributed by atoms with Crippen LogP contribution in [0.15, 0.2) is 133 Å². The number of hydrogen-bond acceptors (Lipinski definition) is 1. The zero-order valence-corrected chi connectivity index (χ0v) is 21.9. The second-order valence-electron chi connectivity index (χ2n) is 10.5. The van der Waals surface area contributed by atoms with Crippen LogP contribution in [0.3, 0.4) is 0 Å². The van der Waals surface area contributed by atoms with Gasteiger partial charge in [0, 0.05) is 25.7 Å². The van der Waals surface area contributed by atoms with Gasteiger partial charge in [-0.25, -0.2) is 0 Å². The van der Waals surface area contributed by atoms with Crippen molar-refractivity contribution in [1.29, 1.82) is 0 Å². The summed E-state index contributed by atoms with van der Waals surface area (Å²) in [7, 11) is 0. The molecule has 0 spiro atoms. The summed E-state index contributed by atoms with van der Waals surface area (Å²) < 4.78 is 2.71. The van der Waals surface area contributed by atoms with Gasteiger partial charge < -0.3 is 0 Å². The van der Waals surface area contributed by atoms with E-state index in [2.05, 4.69) is 133 Å². The molecule has 8 aromatic carbocycles. The number of thiophene rings is 1. The summed E-state index contributed by atoms with van der Waals surface area (Å²) in [5.74, 6) is 0. The molecule has 0 atom stereocenters. The Hall–Kier alpha value is -4.72. The van der Waals surface area contributed by atoms with Crippen molar-refractivity contribution in [3.8, 4) is 22.3 Å². The number of hydrogen-bond donors (Lipinski definition) is 0. The van der Waals surface area contributed by atoms with E-state index in [0.717, 1.165) is 0 Å². The molecule has 9 rings (SSSR count). The molecule has 0 amide bonds. The second-order valence-corrected chi connectivity index (χ2v) is 11.5. The fourth-order valence-corrected chi connectivity index (χ4v) is 7.83. The molecule has 1 aromatic heterocycles. The van der Waals surface area contributed by atoms with Crippen molar-refractivity contribution in [2.24, 2.45) is 0 Å². The van der Waals surface area contributed by atoms with Crippen molar-refractivity contribution < 1.29 is 0 Å². The van der Waals surface area contributed by atoms with Gasteiger partial charge in [-0.2, -0.15) is 0 Å². The molecular weight excluding hydrogens is 488 g/mol. The molecule has 0 saturated carbocycles. The second kappa shape index (κ2) is 7.89. The summed E-state index contributed by atoms with van der Waals surface area (Å²) in [6, 6.07) is 49.5. The van der Waals surface area contributed by atoms with Crippen LogP contribution in [-0.2, 0) is 0 Å². The Morgan fingerprint density at radius 2 is 1.00 bits per heavy atom. The maximum Gasteiger partial charge on any atom is 0.0434 e. The minimum atomic E-state index is 1.27. The zero-order chi connectivity index (χ0) is 25.5. The fraction of sp³-hybridized carbons (Fsp3) is 0. The van der Waals surface area contributed by atoms with Crippen molar-refractivity contribution in [3.05, 3.63) is 133 Å². The van der Waals surface area contributed by atoms with E-state index in [4.69, 9.17) is 0 Å². The first kappa shape index (κ1) is 21.2. The van der Waals surface area contributed by atoms with Gasteiger partial charge in [0.25, 0.3) is 0 Å². The molecule has 1 heterocycles. The molecule has 180 valence electrons.